The van der Waals surface area contributed by atoms with E-state index in [1.54, 1.807) is 0 Å². The minimum absolute atomic E-state index is 0.284. The first-order valence-corrected chi connectivity index (χ1v) is 11.8. The molecule has 1 heterocycles. The normalized spacial score (nSPS) is 30.3. The van der Waals surface area contributed by atoms with E-state index in [0.717, 1.165) is 16.6 Å². The maximum atomic E-state index is 13.3. The number of methoxy groups -OCH3 is 1. The van der Waals surface area contributed by atoms with Gasteiger partial charge in [0.05, 0.1) is 26.4 Å². The van der Waals surface area contributed by atoms with Crippen LogP contribution in [-0.4, -0.2) is 68.3 Å². The second-order valence-corrected chi connectivity index (χ2v) is 11.0. The van der Waals surface area contributed by atoms with E-state index in [4.69, 9.17) is 14.2 Å². The van der Waals surface area contributed by atoms with Gasteiger partial charge in [0, 0.05) is 35.8 Å². The molecule has 0 amide bonds. The average Bonchev–Trinajstić information content (AvgIpc) is 3.13. The number of carbonyl (C=O) groups is 1. The summed E-state index contributed by atoms with van der Waals surface area (Å²) in [5.74, 6) is -0.866. The van der Waals surface area contributed by atoms with Gasteiger partial charge in [-0.25, -0.2) is 0 Å². The van der Waals surface area contributed by atoms with Crippen LogP contribution in [0.2, 0.25) is 0 Å². The molecule has 6 nitrogen and oxygen atoms in total. The second-order valence-electron chi connectivity index (χ2n) is 10.1. The highest BCUT2D eigenvalue weighted by atomic mass is 79.9. The molecule has 0 radical (unpaired) electrons. The van der Waals surface area contributed by atoms with Gasteiger partial charge in [0.1, 0.15) is 5.41 Å². The number of halogens is 1. The van der Waals surface area contributed by atoms with Gasteiger partial charge in [-0.3, -0.25) is 4.79 Å². The fraction of sp³-hybridized carbons (Fsp3) is 0.708. The molecule has 1 aromatic rings. The van der Waals surface area contributed by atoms with Crippen molar-refractivity contribution < 1.29 is 24.1 Å². The summed E-state index contributed by atoms with van der Waals surface area (Å²) in [6.07, 6.45) is 0.489. The van der Waals surface area contributed by atoms with E-state index >= 15 is 0 Å². The zero-order valence-electron chi connectivity index (χ0n) is 19.3. The summed E-state index contributed by atoms with van der Waals surface area (Å²) in [6.45, 7) is 8.48. The first-order chi connectivity index (χ1) is 14.5. The van der Waals surface area contributed by atoms with Gasteiger partial charge in [-0.2, -0.15) is 0 Å². The molecule has 1 aliphatic heterocycles. The molecule has 0 aromatic heterocycles. The second kappa shape index (κ2) is 9.48. The van der Waals surface area contributed by atoms with Gasteiger partial charge in [-0.05, 0) is 37.1 Å². The lowest BCUT2D eigenvalue weighted by Gasteiger charge is -2.55. The summed E-state index contributed by atoms with van der Waals surface area (Å²) >= 11 is 3.48. The van der Waals surface area contributed by atoms with Crippen molar-refractivity contribution in [1.82, 2.24) is 4.90 Å². The topological polar surface area (TPSA) is 68.2 Å². The lowest BCUT2D eigenvalue weighted by molar-refractivity contribution is -0.265. The van der Waals surface area contributed by atoms with Crippen LogP contribution in [0, 0.1) is 16.7 Å². The standard InChI is InChI=1S/C24H36BrNO5/c1-17(2)13-26(4)16-23(21(28)29-5)15-24(30-10-11-31-24)14-22(3,20(23)27)12-18-6-8-19(25)9-7-18/h6-9,17,20,27H,10-16H2,1-5H3. The molecule has 2 fully saturated rings. The molecule has 1 aliphatic carbocycles. The minimum Gasteiger partial charge on any atom is -0.468 e. The SMILES string of the molecule is COC(=O)C1(CN(C)CC(C)C)CC2(CC(C)(Cc3ccc(Br)cc3)C1O)OCCO2. The molecule has 3 atom stereocenters. The number of esters is 1. The van der Waals surface area contributed by atoms with Gasteiger partial charge in [-0.15, -0.1) is 0 Å². The number of hydrogen-bond donors (Lipinski definition) is 1. The number of benzene rings is 1. The average molecular weight is 498 g/mol. The molecule has 1 aromatic carbocycles. The smallest absolute Gasteiger partial charge is 0.315 e. The van der Waals surface area contributed by atoms with Gasteiger partial charge in [-0.1, -0.05) is 48.8 Å². The molecule has 1 N–H and O–H groups in total. The molecular formula is C24H36BrNO5. The zero-order chi connectivity index (χ0) is 22.9. The number of hydrogen-bond acceptors (Lipinski definition) is 6. The predicted octanol–water partition coefficient (Wildman–Crippen LogP) is 3.64. The van der Waals surface area contributed by atoms with Crippen molar-refractivity contribution in [3.63, 3.8) is 0 Å². The molecule has 174 valence electrons. The minimum atomic E-state index is -1.15. The summed E-state index contributed by atoms with van der Waals surface area (Å²) in [4.78, 5) is 15.4. The number of nitrogens with zero attached hydrogens (tertiary/aromatic N) is 1. The number of rotatable bonds is 7. The van der Waals surface area contributed by atoms with E-state index < -0.39 is 28.7 Å². The number of ether oxygens (including phenoxy) is 3. The van der Waals surface area contributed by atoms with Gasteiger partial charge < -0.3 is 24.2 Å². The Morgan fingerprint density at radius 3 is 2.42 bits per heavy atom. The van der Waals surface area contributed by atoms with Crippen LogP contribution in [0.25, 0.3) is 0 Å². The summed E-state index contributed by atoms with van der Waals surface area (Å²) in [5, 5.41) is 11.8. The van der Waals surface area contributed by atoms with E-state index in [1.807, 2.05) is 38.2 Å². The lowest BCUT2D eigenvalue weighted by Crippen LogP contribution is -2.65. The Morgan fingerprint density at radius 2 is 1.87 bits per heavy atom. The summed E-state index contributed by atoms with van der Waals surface area (Å²) in [6, 6.07) is 8.08. The van der Waals surface area contributed by atoms with Crippen LogP contribution >= 0.6 is 15.9 Å². The molecule has 1 saturated carbocycles. The first kappa shape index (κ1) is 24.6. The summed E-state index contributed by atoms with van der Waals surface area (Å²) < 4.78 is 18.5. The molecule has 3 rings (SSSR count). The van der Waals surface area contributed by atoms with E-state index in [9.17, 15) is 9.90 Å². The first-order valence-electron chi connectivity index (χ1n) is 11.0. The molecule has 31 heavy (non-hydrogen) atoms. The van der Waals surface area contributed by atoms with Crippen molar-refractivity contribution in [3.8, 4) is 0 Å². The zero-order valence-corrected chi connectivity index (χ0v) is 20.9. The van der Waals surface area contributed by atoms with Crippen LogP contribution in [0.1, 0.15) is 39.2 Å². The van der Waals surface area contributed by atoms with Crippen LogP contribution < -0.4 is 0 Å². The lowest BCUT2D eigenvalue weighted by atomic mass is 9.56. The molecule has 7 heteroatoms. The Balaban J connectivity index is 2.03. The van der Waals surface area contributed by atoms with E-state index in [0.29, 0.717) is 38.5 Å². The number of aliphatic hydroxyl groups is 1. The number of carbonyl (C=O) groups excluding carboxylic acids is 1. The molecule has 1 saturated heterocycles. The van der Waals surface area contributed by atoms with E-state index in [1.165, 1.54) is 7.11 Å². The third-order valence-corrected chi connectivity index (χ3v) is 7.13. The van der Waals surface area contributed by atoms with Crippen molar-refractivity contribution in [1.29, 1.82) is 0 Å². The highest BCUT2D eigenvalue weighted by Gasteiger charge is 2.65. The van der Waals surface area contributed by atoms with Gasteiger partial charge >= 0.3 is 5.97 Å². The third kappa shape index (κ3) is 5.17. The van der Waals surface area contributed by atoms with Gasteiger partial charge in [0.2, 0.25) is 0 Å². The van der Waals surface area contributed by atoms with Crippen molar-refractivity contribution in [3.05, 3.63) is 34.3 Å². The largest absolute Gasteiger partial charge is 0.468 e. The Bertz CT molecular complexity index is 764. The molecule has 3 unspecified atom stereocenters. The van der Waals surface area contributed by atoms with Crippen molar-refractivity contribution in [2.24, 2.45) is 16.7 Å². The Kier molecular flexibility index (Phi) is 7.53. The molecule has 0 bridgehead atoms. The van der Waals surface area contributed by atoms with Gasteiger partial charge in [0.15, 0.2) is 5.79 Å². The van der Waals surface area contributed by atoms with Crippen molar-refractivity contribution >= 4 is 21.9 Å². The van der Waals surface area contributed by atoms with Crippen LogP contribution in [0.4, 0.5) is 0 Å². The third-order valence-electron chi connectivity index (χ3n) is 6.60. The number of aliphatic hydroxyl groups excluding tert-OH is 1. The van der Waals surface area contributed by atoms with Crippen LogP contribution in [0.3, 0.4) is 0 Å². The van der Waals surface area contributed by atoms with E-state index in [-0.39, 0.29) is 6.42 Å². The van der Waals surface area contributed by atoms with Crippen LogP contribution in [0.5, 0.6) is 0 Å². The molecular weight excluding hydrogens is 462 g/mol. The fourth-order valence-electron chi connectivity index (χ4n) is 5.71. The molecule has 1 spiro atoms. The van der Waals surface area contributed by atoms with Crippen molar-refractivity contribution in [2.45, 2.75) is 51.9 Å². The van der Waals surface area contributed by atoms with E-state index in [2.05, 4.69) is 34.7 Å². The molecule has 2 aliphatic rings. The Morgan fingerprint density at radius 1 is 1.26 bits per heavy atom. The summed E-state index contributed by atoms with van der Waals surface area (Å²) in [7, 11) is 3.38. The summed E-state index contributed by atoms with van der Waals surface area (Å²) in [5.41, 5.74) is -0.692. The predicted molar refractivity (Wildman–Crippen MR) is 123 cm³/mol. The fourth-order valence-corrected chi connectivity index (χ4v) is 5.98. The maximum absolute atomic E-state index is 13.3. The monoisotopic (exact) mass is 497 g/mol. The Labute approximate surface area is 194 Å². The van der Waals surface area contributed by atoms with Crippen LogP contribution in [-0.2, 0) is 25.4 Å². The highest BCUT2D eigenvalue weighted by molar-refractivity contribution is 9.10. The van der Waals surface area contributed by atoms with Crippen molar-refractivity contribution in [2.75, 3.05) is 40.5 Å². The quantitative estimate of drug-likeness (QED) is 0.579. The maximum Gasteiger partial charge on any atom is 0.315 e. The highest BCUT2D eigenvalue weighted by Crippen LogP contribution is 2.55. The Hall–Kier alpha value is -0.990. The van der Waals surface area contributed by atoms with Gasteiger partial charge in [0.25, 0.3) is 0 Å². The van der Waals surface area contributed by atoms with Crippen LogP contribution in [0.15, 0.2) is 28.7 Å².